The number of alkyl halides is 1. The number of hydrogen-bond acceptors (Lipinski definition) is 3. The molecule has 0 unspecified atom stereocenters. The van der Waals surface area contributed by atoms with E-state index in [1.807, 2.05) is 25.1 Å². The second-order valence-electron chi connectivity index (χ2n) is 6.87. The minimum Gasteiger partial charge on any atom is -0.394 e. The molecule has 0 aromatic heterocycles. The molecule has 0 saturated heterocycles. The Morgan fingerprint density at radius 2 is 1.22 bits per heavy atom. The molecule has 0 amide bonds. The Labute approximate surface area is 211 Å². The van der Waals surface area contributed by atoms with Gasteiger partial charge in [0.2, 0.25) is 0 Å². The highest BCUT2D eigenvalue weighted by atomic mass is 35.5. The summed E-state index contributed by atoms with van der Waals surface area (Å²) in [5, 5.41) is 13.2. The Morgan fingerprint density at radius 1 is 0.812 bits per heavy atom. The summed E-state index contributed by atoms with van der Waals surface area (Å²) >= 11 is 11.7. The van der Waals surface area contributed by atoms with Gasteiger partial charge in [0.25, 0.3) is 0 Å². The second kappa shape index (κ2) is 14.9. The molecule has 0 aliphatic carbocycles. The maximum absolute atomic E-state index is 7.41. The van der Waals surface area contributed by atoms with E-state index in [-0.39, 0.29) is 12.4 Å². The fourth-order valence-electron chi connectivity index (χ4n) is 3.01. The van der Waals surface area contributed by atoms with Crippen molar-refractivity contribution in [2.45, 2.75) is 25.5 Å². The van der Waals surface area contributed by atoms with Crippen LogP contribution < -0.4 is 5.73 Å². The van der Waals surface area contributed by atoms with Gasteiger partial charge in [0.15, 0.2) is 0 Å². The molecule has 32 heavy (non-hydrogen) atoms. The van der Waals surface area contributed by atoms with Crippen LogP contribution in [0.3, 0.4) is 0 Å². The molecule has 0 aliphatic rings. The van der Waals surface area contributed by atoms with Gasteiger partial charge in [-0.2, -0.15) is 0 Å². The molecule has 0 heterocycles. The summed E-state index contributed by atoms with van der Waals surface area (Å²) in [4.78, 5) is 0.500. The maximum atomic E-state index is 7.41. The zero-order chi connectivity index (χ0) is 22.6. The fourth-order valence-corrected chi connectivity index (χ4v) is 3.87. The summed E-state index contributed by atoms with van der Waals surface area (Å²) in [6.45, 7) is 3.51. The van der Waals surface area contributed by atoms with Crippen molar-refractivity contribution in [1.29, 1.82) is 5.41 Å². The van der Waals surface area contributed by atoms with E-state index >= 15 is 0 Å². The molecule has 168 valence electrons. The van der Waals surface area contributed by atoms with E-state index in [0.29, 0.717) is 15.9 Å². The van der Waals surface area contributed by atoms with E-state index in [2.05, 4.69) is 78.9 Å². The molecule has 0 fully saturated rings. The van der Waals surface area contributed by atoms with Gasteiger partial charge < -0.3 is 5.73 Å². The third kappa shape index (κ3) is 9.17. The van der Waals surface area contributed by atoms with Crippen LogP contribution in [0.5, 0.6) is 0 Å². The van der Waals surface area contributed by atoms with Crippen LogP contribution in [0.15, 0.2) is 84.9 Å². The smallest absolute Gasteiger partial charge is 0.0695 e. The lowest BCUT2D eigenvalue weighted by Crippen LogP contribution is -1.98. The average Bonchev–Trinajstić information content (AvgIpc) is 2.77. The van der Waals surface area contributed by atoms with Gasteiger partial charge in [-0.1, -0.05) is 97.1 Å². The molecule has 0 radical (unpaired) electrons. The monoisotopic (exact) mass is 502 g/mol. The van der Waals surface area contributed by atoms with E-state index in [4.69, 9.17) is 22.7 Å². The first-order chi connectivity index (χ1) is 14.9. The first kappa shape index (κ1) is 27.9. The number of fused-ring (bicyclic) bond motifs is 2. The molecule has 0 saturated carbocycles. The Balaban J connectivity index is 0.000000272. The number of nitrogens with one attached hydrogen (secondary N) is 1. The lowest BCUT2D eigenvalue weighted by molar-refractivity contribution is 1.45. The van der Waals surface area contributed by atoms with Crippen LogP contribution >= 0.6 is 48.0 Å². The number of nitrogens with two attached hydrogens (primary N) is 1. The molecular formula is C26H28Cl2N2S2. The topological polar surface area (TPSA) is 49.9 Å². The number of thiocarbonyl (C=S) groups is 1. The number of halogens is 2. The highest BCUT2D eigenvalue weighted by Gasteiger charge is 2.00. The third-order valence-corrected chi connectivity index (χ3v) is 5.52. The lowest BCUT2D eigenvalue weighted by Gasteiger charge is -2.05. The third-order valence-electron chi connectivity index (χ3n) is 4.35. The van der Waals surface area contributed by atoms with Crippen molar-refractivity contribution in [2.24, 2.45) is 5.73 Å². The van der Waals surface area contributed by atoms with E-state index in [9.17, 15) is 0 Å². The van der Waals surface area contributed by atoms with Crippen molar-refractivity contribution in [1.82, 2.24) is 0 Å². The number of hydrogen-bond donors (Lipinski definition) is 2. The van der Waals surface area contributed by atoms with Crippen LogP contribution in [-0.2, 0) is 11.6 Å². The standard InChI is InChI=1S/C13H13NS.C11H9Cl.C2H5NS.ClH/c1-10(14)15-9-12-7-4-6-11-5-2-3-8-13(11)12;12-8-10-6-3-5-9-4-1-2-7-11(9)10;1-2(3)4;/h2-8,14H,9H2,1H3;1-7H,8H2;1H3,(H2,3,4);1H. The van der Waals surface area contributed by atoms with Gasteiger partial charge in [-0.15, -0.1) is 35.8 Å². The number of benzene rings is 4. The van der Waals surface area contributed by atoms with Crippen molar-refractivity contribution in [3.63, 3.8) is 0 Å². The average molecular weight is 504 g/mol. The van der Waals surface area contributed by atoms with Crippen molar-refractivity contribution >= 4 is 79.6 Å². The summed E-state index contributed by atoms with van der Waals surface area (Å²) in [6, 6.07) is 29.2. The zero-order valence-electron chi connectivity index (χ0n) is 18.2. The summed E-state index contributed by atoms with van der Waals surface area (Å²) in [7, 11) is 0. The molecule has 4 aromatic rings. The van der Waals surface area contributed by atoms with Crippen LogP contribution in [-0.4, -0.2) is 10.0 Å². The molecule has 4 aromatic carbocycles. The predicted octanol–water partition coefficient (Wildman–Crippen LogP) is 8.36. The molecular weight excluding hydrogens is 475 g/mol. The summed E-state index contributed by atoms with van der Waals surface area (Å²) < 4.78 is 0. The number of thioether (sulfide) groups is 1. The summed E-state index contributed by atoms with van der Waals surface area (Å²) in [6.07, 6.45) is 0. The highest BCUT2D eigenvalue weighted by Crippen LogP contribution is 2.23. The normalized spacial score (nSPS) is 9.59. The van der Waals surface area contributed by atoms with Gasteiger partial charge >= 0.3 is 0 Å². The van der Waals surface area contributed by atoms with Gasteiger partial charge in [0.1, 0.15) is 0 Å². The van der Waals surface area contributed by atoms with Gasteiger partial charge in [0.05, 0.1) is 10.0 Å². The maximum Gasteiger partial charge on any atom is 0.0695 e. The quantitative estimate of drug-likeness (QED) is 0.128. The Kier molecular flexibility index (Phi) is 13.0. The fraction of sp³-hybridized carbons (Fsp3) is 0.154. The van der Waals surface area contributed by atoms with Gasteiger partial charge in [-0.3, -0.25) is 5.41 Å². The van der Waals surface area contributed by atoms with Crippen molar-refractivity contribution in [2.75, 3.05) is 0 Å². The summed E-state index contributed by atoms with van der Waals surface area (Å²) in [5.74, 6) is 1.47. The lowest BCUT2D eigenvalue weighted by atomic mass is 10.1. The highest BCUT2D eigenvalue weighted by molar-refractivity contribution is 8.13. The van der Waals surface area contributed by atoms with Crippen LogP contribution in [0, 0.1) is 5.41 Å². The first-order valence-electron chi connectivity index (χ1n) is 9.85. The van der Waals surface area contributed by atoms with Crippen LogP contribution in [0.4, 0.5) is 0 Å². The Hall–Kier alpha value is -2.11. The minimum absolute atomic E-state index is 0. The van der Waals surface area contributed by atoms with Gasteiger partial charge in [-0.05, 0) is 46.5 Å². The molecule has 0 bridgehead atoms. The van der Waals surface area contributed by atoms with Crippen molar-refractivity contribution in [3.8, 4) is 0 Å². The first-order valence-corrected chi connectivity index (χ1v) is 11.8. The molecule has 6 heteroatoms. The van der Waals surface area contributed by atoms with E-state index in [1.165, 1.54) is 32.7 Å². The molecule has 0 atom stereocenters. The minimum atomic E-state index is 0. The van der Waals surface area contributed by atoms with E-state index in [1.54, 1.807) is 18.7 Å². The SMILES string of the molecule is CC(=N)SCc1cccc2ccccc12.CC(N)=S.Cl.ClCc1cccc2ccccc12. The van der Waals surface area contributed by atoms with Crippen molar-refractivity contribution < 1.29 is 0 Å². The van der Waals surface area contributed by atoms with Crippen molar-refractivity contribution in [3.05, 3.63) is 96.1 Å². The molecule has 4 rings (SSSR count). The largest absolute Gasteiger partial charge is 0.394 e. The van der Waals surface area contributed by atoms with E-state index in [0.717, 1.165) is 5.75 Å². The summed E-state index contributed by atoms with van der Waals surface area (Å²) in [5.41, 5.74) is 7.36. The molecule has 0 aliphatic heterocycles. The predicted molar refractivity (Wildman–Crippen MR) is 152 cm³/mol. The molecule has 2 nitrogen and oxygen atoms in total. The van der Waals surface area contributed by atoms with Crippen LogP contribution in [0.1, 0.15) is 25.0 Å². The zero-order valence-corrected chi connectivity index (χ0v) is 21.4. The second-order valence-corrected chi connectivity index (χ2v) is 8.97. The molecule has 0 spiro atoms. The van der Waals surface area contributed by atoms with Gasteiger partial charge in [0, 0.05) is 11.6 Å². The van der Waals surface area contributed by atoms with Gasteiger partial charge in [-0.25, -0.2) is 0 Å². The number of rotatable bonds is 3. The molecule has 3 N–H and O–H groups in total. The van der Waals surface area contributed by atoms with E-state index < -0.39 is 0 Å². The Bertz CT molecular complexity index is 1150. The van der Waals surface area contributed by atoms with Crippen LogP contribution in [0.2, 0.25) is 0 Å². The van der Waals surface area contributed by atoms with Crippen LogP contribution in [0.25, 0.3) is 21.5 Å². The Morgan fingerprint density at radius 3 is 1.69 bits per heavy atom.